The van der Waals surface area contributed by atoms with Crippen molar-refractivity contribution < 1.29 is 74.6 Å². The fraction of sp³-hybridized carbons (Fsp3) is 0.889. The summed E-state index contributed by atoms with van der Waals surface area (Å²) in [4.78, 5) is 0. The van der Waals surface area contributed by atoms with E-state index in [4.69, 9.17) is 0 Å². The van der Waals surface area contributed by atoms with Crippen molar-refractivity contribution in [2.45, 2.75) is 47.6 Å². The molecule has 0 aromatic rings. The van der Waals surface area contributed by atoms with Crippen molar-refractivity contribution in [2.24, 2.45) is 0 Å². The molecule has 0 aromatic carbocycles. The Morgan fingerprint density at radius 3 is 0.692 bits per heavy atom. The van der Waals surface area contributed by atoms with Crippen LogP contribution in [0.25, 0.3) is 0 Å². The maximum absolute atomic E-state index is 12.9. The summed E-state index contributed by atoms with van der Waals surface area (Å²) in [6, 6.07) is 0. The zero-order valence-corrected chi connectivity index (χ0v) is 11.1. The van der Waals surface area contributed by atoms with Gasteiger partial charge in [0.1, 0.15) is 0 Å². The van der Waals surface area contributed by atoms with E-state index in [0.29, 0.717) is 0 Å². The lowest BCUT2D eigenvalue weighted by atomic mass is 9.89. The van der Waals surface area contributed by atoms with E-state index in [2.05, 4.69) is 0 Å². The first-order valence-corrected chi connectivity index (χ1v) is 5.32. The highest BCUT2D eigenvalue weighted by Crippen LogP contribution is 2.63. The minimum absolute atomic E-state index is 0.897. The van der Waals surface area contributed by atoms with Gasteiger partial charge in [-0.15, -0.1) is 0 Å². The van der Waals surface area contributed by atoms with E-state index < -0.39 is 47.6 Å². The Labute approximate surface area is 130 Å². The number of halogens is 17. The fourth-order valence-corrected chi connectivity index (χ4v) is 1.20. The minimum atomic E-state index is -8.59. The minimum Gasteiger partial charge on any atom is -0.200 e. The number of alkyl halides is 17. The summed E-state index contributed by atoms with van der Waals surface area (Å²) in [6.45, 7) is 0.897. The maximum Gasteiger partial charge on any atom is 0.460 e. The van der Waals surface area contributed by atoms with Gasteiger partial charge in [0, 0.05) is 6.92 Å². The van der Waals surface area contributed by atoms with Crippen LogP contribution in [0.2, 0.25) is 0 Å². The standard InChI is InChI=1S/C9H2F17/c1-2(10,11)3(12,13)4(14,15)5(16,17)6(18,19)7(20,21)8(22,23)9(24,25)26/h1H2. The molecule has 0 fully saturated rings. The lowest BCUT2D eigenvalue weighted by molar-refractivity contribution is -0.459. The number of hydrogen-bond donors (Lipinski definition) is 0. The average molecular weight is 433 g/mol. The summed E-state index contributed by atoms with van der Waals surface area (Å²) >= 11 is 0. The van der Waals surface area contributed by atoms with Gasteiger partial charge in [-0.3, -0.25) is 0 Å². The topological polar surface area (TPSA) is 0 Å². The third kappa shape index (κ3) is 2.84. The van der Waals surface area contributed by atoms with E-state index in [1.54, 1.807) is 0 Å². The highest BCUT2D eigenvalue weighted by molar-refractivity contribution is 5.15. The molecule has 0 nitrogen and oxygen atoms in total. The average Bonchev–Trinajstić information content (AvgIpc) is 2.34. The molecule has 26 heavy (non-hydrogen) atoms. The lowest BCUT2D eigenvalue weighted by Gasteiger charge is -2.42. The van der Waals surface area contributed by atoms with Crippen molar-refractivity contribution in [1.29, 1.82) is 0 Å². The van der Waals surface area contributed by atoms with Crippen LogP contribution in [0.15, 0.2) is 0 Å². The molecule has 0 atom stereocenters. The molecule has 0 aliphatic carbocycles. The van der Waals surface area contributed by atoms with E-state index in [9.17, 15) is 74.6 Å². The fourth-order valence-electron chi connectivity index (χ4n) is 1.20. The van der Waals surface area contributed by atoms with Gasteiger partial charge in [-0.05, 0) is 0 Å². The maximum atomic E-state index is 12.9. The van der Waals surface area contributed by atoms with E-state index in [1.807, 2.05) is 0 Å². The Balaban J connectivity index is 6.61. The van der Waals surface area contributed by atoms with E-state index >= 15 is 0 Å². The normalized spacial score (nSPS) is 16.8. The van der Waals surface area contributed by atoms with Gasteiger partial charge in [0.25, 0.3) is 0 Å². The van der Waals surface area contributed by atoms with Gasteiger partial charge >= 0.3 is 47.6 Å². The van der Waals surface area contributed by atoms with Crippen molar-refractivity contribution in [3.05, 3.63) is 6.92 Å². The predicted octanol–water partition coefficient (Wildman–Crippen LogP) is 5.83. The number of rotatable bonds is 6. The quantitative estimate of drug-likeness (QED) is 0.463. The molecule has 0 unspecified atom stereocenters. The summed E-state index contributed by atoms with van der Waals surface area (Å²) in [5.74, 6) is -56.2. The van der Waals surface area contributed by atoms with Crippen molar-refractivity contribution >= 4 is 0 Å². The second kappa shape index (κ2) is 5.65. The van der Waals surface area contributed by atoms with Gasteiger partial charge in [-0.2, -0.15) is 74.6 Å². The molecule has 0 rings (SSSR count). The summed E-state index contributed by atoms with van der Waals surface area (Å²) in [5.41, 5.74) is 0. The second-order valence-electron chi connectivity index (χ2n) is 4.65. The second-order valence-corrected chi connectivity index (χ2v) is 4.65. The van der Waals surface area contributed by atoms with E-state index in [0.717, 1.165) is 6.92 Å². The summed E-state index contributed by atoms with van der Waals surface area (Å²) in [7, 11) is 0. The smallest absolute Gasteiger partial charge is 0.200 e. The molecule has 0 spiro atoms. The van der Waals surface area contributed by atoms with Crippen LogP contribution < -0.4 is 0 Å². The molecule has 0 aliphatic rings. The van der Waals surface area contributed by atoms with Gasteiger partial charge in [-0.1, -0.05) is 0 Å². The van der Waals surface area contributed by atoms with Gasteiger partial charge in [0.05, 0.1) is 0 Å². The third-order valence-corrected chi connectivity index (χ3v) is 2.79. The van der Waals surface area contributed by atoms with Crippen LogP contribution in [0.1, 0.15) is 0 Å². The highest BCUT2D eigenvalue weighted by Gasteiger charge is 2.94. The SMILES string of the molecule is [CH2]C(F)(F)C(F)(F)C(F)(F)C(F)(F)C(F)(F)C(F)(F)C(F)(F)C(F)(F)F. The Morgan fingerprint density at radius 1 is 0.308 bits per heavy atom. The zero-order chi connectivity index (χ0) is 22.0. The summed E-state index contributed by atoms with van der Waals surface area (Å²) < 4.78 is 212. The molecule has 1 radical (unpaired) electrons. The molecule has 17 heteroatoms. The summed E-state index contributed by atoms with van der Waals surface area (Å²) in [5, 5.41) is 0. The molecular formula is C9H2F17. The molecule has 0 amide bonds. The first kappa shape index (κ1) is 24.8. The van der Waals surface area contributed by atoms with Crippen LogP contribution in [-0.2, 0) is 0 Å². The van der Waals surface area contributed by atoms with Gasteiger partial charge in [0.2, 0.25) is 0 Å². The largest absolute Gasteiger partial charge is 0.460 e. The van der Waals surface area contributed by atoms with Gasteiger partial charge in [0.15, 0.2) is 0 Å². The molecule has 0 saturated heterocycles. The van der Waals surface area contributed by atoms with Crippen molar-refractivity contribution in [2.75, 3.05) is 0 Å². The molecule has 0 aromatic heterocycles. The first-order chi connectivity index (χ1) is 10.8. The van der Waals surface area contributed by atoms with E-state index in [1.165, 1.54) is 0 Å². The third-order valence-electron chi connectivity index (χ3n) is 2.79. The van der Waals surface area contributed by atoms with Crippen LogP contribution in [0, 0.1) is 6.92 Å². The van der Waals surface area contributed by atoms with Crippen LogP contribution in [0.3, 0.4) is 0 Å². The van der Waals surface area contributed by atoms with E-state index in [-0.39, 0.29) is 0 Å². The van der Waals surface area contributed by atoms with Crippen LogP contribution in [0.5, 0.6) is 0 Å². The van der Waals surface area contributed by atoms with Gasteiger partial charge in [-0.25, -0.2) is 0 Å². The van der Waals surface area contributed by atoms with Crippen molar-refractivity contribution in [1.82, 2.24) is 0 Å². The molecule has 0 N–H and O–H groups in total. The first-order valence-electron chi connectivity index (χ1n) is 5.32. The summed E-state index contributed by atoms with van der Waals surface area (Å²) in [6.07, 6.45) is -7.75. The van der Waals surface area contributed by atoms with Crippen LogP contribution >= 0.6 is 0 Å². The highest BCUT2D eigenvalue weighted by atomic mass is 19.4. The Bertz CT molecular complexity index is 469. The van der Waals surface area contributed by atoms with Gasteiger partial charge < -0.3 is 0 Å². The molecule has 0 aliphatic heterocycles. The Kier molecular flexibility index (Phi) is 5.39. The Morgan fingerprint density at radius 2 is 0.500 bits per heavy atom. The Hall–Kier alpha value is -1.19. The van der Waals surface area contributed by atoms with Crippen LogP contribution in [-0.4, -0.2) is 47.6 Å². The van der Waals surface area contributed by atoms with Crippen molar-refractivity contribution in [3.63, 3.8) is 0 Å². The molecule has 0 heterocycles. The lowest BCUT2D eigenvalue weighted by Crippen LogP contribution is -2.74. The number of hydrogen-bond acceptors (Lipinski definition) is 0. The molecular weight excluding hydrogens is 431 g/mol. The molecule has 157 valence electrons. The molecule has 0 saturated carbocycles. The van der Waals surface area contributed by atoms with Crippen LogP contribution in [0.4, 0.5) is 74.6 Å². The van der Waals surface area contributed by atoms with Crippen molar-refractivity contribution in [3.8, 4) is 0 Å². The molecule has 0 bridgehead atoms. The zero-order valence-electron chi connectivity index (χ0n) is 11.1. The monoisotopic (exact) mass is 433 g/mol. The predicted molar refractivity (Wildman–Crippen MR) is 46.0 cm³/mol.